The van der Waals surface area contributed by atoms with Crippen LogP contribution >= 0.6 is 0 Å². The number of rotatable bonds is 8. The van der Waals surface area contributed by atoms with Crippen molar-refractivity contribution in [3.8, 4) is 0 Å². The van der Waals surface area contributed by atoms with Crippen molar-refractivity contribution in [2.24, 2.45) is 5.73 Å². The summed E-state index contributed by atoms with van der Waals surface area (Å²) in [7, 11) is 1.66. The molecular formula is C13H24N2O3. The van der Waals surface area contributed by atoms with Crippen LogP contribution in [0.4, 0.5) is 0 Å². The van der Waals surface area contributed by atoms with Crippen LogP contribution in [0.5, 0.6) is 0 Å². The van der Waals surface area contributed by atoms with E-state index in [1.54, 1.807) is 7.11 Å². The summed E-state index contributed by atoms with van der Waals surface area (Å²) in [5.41, 5.74) is 6.06. The Morgan fingerprint density at radius 3 is 2.61 bits per heavy atom. The minimum absolute atomic E-state index is 0.0407. The van der Waals surface area contributed by atoms with E-state index in [-0.39, 0.29) is 18.7 Å². The van der Waals surface area contributed by atoms with Crippen molar-refractivity contribution in [2.45, 2.75) is 25.9 Å². The Labute approximate surface area is 109 Å². The molecule has 2 unspecified atom stereocenters. The minimum Gasteiger partial charge on any atom is -0.465 e. The first-order valence-corrected chi connectivity index (χ1v) is 6.26. The van der Waals surface area contributed by atoms with E-state index in [0.717, 1.165) is 11.5 Å². The van der Waals surface area contributed by atoms with E-state index in [0.29, 0.717) is 19.7 Å². The first-order valence-electron chi connectivity index (χ1n) is 6.26. The molecule has 0 radical (unpaired) electrons. The summed E-state index contributed by atoms with van der Waals surface area (Å²) in [5.74, 6) is 1.71. The van der Waals surface area contributed by atoms with E-state index in [4.69, 9.17) is 20.0 Å². The van der Waals surface area contributed by atoms with Gasteiger partial charge >= 0.3 is 0 Å². The number of aliphatic hydroxyl groups excluding tert-OH is 1. The number of ether oxygens (including phenoxy) is 1. The highest BCUT2D eigenvalue weighted by molar-refractivity contribution is 5.11. The van der Waals surface area contributed by atoms with Gasteiger partial charge in [0.2, 0.25) is 0 Å². The molecule has 0 bridgehead atoms. The van der Waals surface area contributed by atoms with Gasteiger partial charge in [-0.05, 0) is 26.0 Å². The van der Waals surface area contributed by atoms with E-state index >= 15 is 0 Å². The first-order chi connectivity index (χ1) is 8.60. The van der Waals surface area contributed by atoms with Crippen LogP contribution in [0.3, 0.4) is 0 Å². The molecule has 0 amide bonds. The lowest BCUT2D eigenvalue weighted by atomic mass is 10.1. The van der Waals surface area contributed by atoms with E-state index in [2.05, 4.69) is 4.90 Å². The molecule has 5 nitrogen and oxygen atoms in total. The van der Waals surface area contributed by atoms with Crippen LogP contribution in [0.2, 0.25) is 0 Å². The van der Waals surface area contributed by atoms with Crippen LogP contribution in [-0.2, 0) is 4.74 Å². The smallest absolute Gasteiger partial charge is 0.122 e. The lowest BCUT2D eigenvalue weighted by molar-refractivity contribution is 0.0835. The van der Waals surface area contributed by atoms with Crippen LogP contribution in [0.1, 0.15) is 24.5 Å². The molecule has 18 heavy (non-hydrogen) atoms. The largest absolute Gasteiger partial charge is 0.465 e. The van der Waals surface area contributed by atoms with Gasteiger partial charge in [-0.1, -0.05) is 0 Å². The maximum Gasteiger partial charge on any atom is 0.122 e. The van der Waals surface area contributed by atoms with E-state index in [1.165, 1.54) is 0 Å². The van der Waals surface area contributed by atoms with E-state index in [1.807, 2.05) is 26.0 Å². The van der Waals surface area contributed by atoms with E-state index < -0.39 is 0 Å². The van der Waals surface area contributed by atoms with Crippen molar-refractivity contribution in [1.82, 2.24) is 4.90 Å². The molecule has 5 heteroatoms. The SMILES string of the molecule is COCCN(CCO)C(c1ccc(C)o1)C(C)N. The Morgan fingerprint density at radius 1 is 1.44 bits per heavy atom. The van der Waals surface area contributed by atoms with Gasteiger partial charge in [0.1, 0.15) is 11.5 Å². The van der Waals surface area contributed by atoms with Crippen molar-refractivity contribution in [3.05, 3.63) is 23.7 Å². The van der Waals surface area contributed by atoms with Crippen LogP contribution in [0.15, 0.2) is 16.5 Å². The standard InChI is InChI=1S/C13H24N2O3/c1-10-4-5-12(18-10)13(11(2)14)15(6-8-16)7-9-17-3/h4-5,11,13,16H,6-9,14H2,1-3H3. The number of furan rings is 1. The summed E-state index contributed by atoms with van der Waals surface area (Å²) < 4.78 is 10.8. The highest BCUT2D eigenvalue weighted by Crippen LogP contribution is 2.25. The third kappa shape index (κ3) is 4.10. The molecule has 2 atom stereocenters. The Hall–Kier alpha value is -0.880. The van der Waals surface area contributed by atoms with Crippen molar-refractivity contribution in [2.75, 3.05) is 33.4 Å². The second kappa shape index (κ2) is 7.53. The van der Waals surface area contributed by atoms with Gasteiger partial charge in [-0.3, -0.25) is 4.90 Å². The number of aliphatic hydroxyl groups is 1. The molecule has 1 aromatic rings. The number of aryl methyl sites for hydroxylation is 1. The topological polar surface area (TPSA) is 71.9 Å². The molecule has 0 fully saturated rings. The maximum atomic E-state index is 9.16. The highest BCUT2D eigenvalue weighted by atomic mass is 16.5. The zero-order chi connectivity index (χ0) is 13.5. The van der Waals surface area contributed by atoms with E-state index in [9.17, 15) is 0 Å². The molecule has 0 saturated carbocycles. The third-order valence-electron chi connectivity index (χ3n) is 2.91. The maximum absolute atomic E-state index is 9.16. The molecule has 0 spiro atoms. The molecule has 1 aromatic heterocycles. The van der Waals surface area contributed by atoms with Crippen molar-refractivity contribution in [1.29, 1.82) is 0 Å². The fraction of sp³-hybridized carbons (Fsp3) is 0.692. The van der Waals surface area contributed by atoms with Crippen LogP contribution < -0.4 is 5.73 Å². The van der Waals surface area contributed by atoms with Crippen LogP contribution in [0, 0.1) is 6.92 Å². The Balaban J connectivity index is 2.85. The summed E-state index contributed by atoms with van der Waals surface area (Å²) >= 11 is 0. The number of nitrogens with zero attached hydrogens (tertiary/aromatic N) is 1. The van der Waals surface area contributed by atoms with Gasteiger partial charge in [0.05, 0.1) is 19.3 Å². The average Bonchev–Trinajstić information content (AvgIpc) is 2.72. The second-order valence-corrected chi connectivity index (χ2v) is 4.50. The van der Waals surface area contributed by atoms with Gasteiger partial charge in [-0.25, -0.2) is 0 Å². The molecule has 0 aliphatic rings. The predicted octanol–water partition coefficient (Wildman–Crippen LogP) is 0.917. The molecule has 1 heterocycles. The number of hydrogen-bond donors (Lipinski definition) is 2. The molecule has 3 N–H and O–H groups in total. The molecule has 104 valence electrons. The summed E-state index contributed by atoms with van der Waals surface area (Å²) in [4.78, 5) is 2.09. The predicted molar refractivity (Wildman–Crippen MR) is 70.4 cm³/mol. The lowest BCUT2D eigenvalue weighted by Gasteiger charge is -2.32. The fourth-order valence-corrected chi connectivity index (χ4v) is 2.11. The lowest BCUT2D eigenvalue weighted by Crippen LogP contribution is -2.42. The Bertz CT molecular complexity index is 339. The summed E-state index contributed by atoms with van der Waals surface area (Å²) in [6, 6.07) is 3.75. The Morgan fingerprint density at radius 2 is 2.17 bits per heavy atom. The second-order valence-electron chi connectivity index (χ2n) is 4.50. The van der Waals surface area contributed by atoms with Gasteiger partial charge in [-0.15, -0.1) is 0 Å². The van der Waals surface area contributed by atoms with Crippen LogP contribution in [0.25, 0.3) is 0 Å². The zero-order valence-corrected chi connectivity index (χ0v) is 11.4. The quantitative estimate of drug-likeness (QED) is 0.723. The van der Waals surface area contributed by atoms with Crippen molar-refractivity contribution in [3.63, 3.8) is 0 Å². The molecule has 0 aliphatic heterocycles. The van der Waals surface area contributed by atoms with Gasteiger partial charge in [0.25, 0.3) is 0 Å². The van der Waals surface area contributed by atoms with Crippen molar-refractivity contribution >= 4 is 0 Å². The highest BCUT2D eigenvalue weighted by Gasteiger charge is 2.26. The van der Waals surface area contributed by atoms with Crippen molar-refractivity contribution < 1.29 is 14.3 Å². The summed E-state index contributed by atoms with van der Waals surface area (Å²) in [5, 5.41) is 9.16. The molecular weight excluding hydrogens is 232 g/mol. The molecule has 0 aromatic carbocycles. The average molecular weight is 256 g/mol. The summed E-state index contributed by atoms with van der Waals surface area (Å²) in [6.07, 6.45) is 0. The monoisotopic (exact) mass is 256 g/mol. The zero-order valence-electron chi connectivity index (χ0n) is 11.4. The summed E-state index contributed by atoms with van der Waals surface area (Å²) in [6.45, 7) is 5.81. The van der Waals surface area contributed by atoms with Gasteiger partial charge < -0.3 is 20.0 Å². The fourth-order valence-electron chi connectivity index (χ4n) is 2.11. The normalized spacial score (nSPS) is 15.0. The minimum atomic E-state index is -0.0843. The van der Waals surface area contributed by atoms with Gasteiger partial charge in [-0.2, -0.15) is 0 Å². The number of hydrogen-bond acceptors (Lipinski definition) is 5. The molecule has 0 saturated heterocycles. The first kappa shape index (κ1) is 15.2. The molecule has 1 rings (SSSR count). The van der Waals surface area contributed by atoms with Gasteiger partial charge in [0, 0.05) is 26.2 Å². The van der Waals surface area contributed by atoms with Gasteiger partial charge in [0.15, 0.2) is 0 Å². The number of methoxy groups -OCH3 is 1. The molecule has 0 aliphatic carbocycles. The Kier molecular flexibility index (Phi) is 6.35. The number of nitrogens with two attached hydrogens (primary N) is 1. The van der Waals surface area contributed by atoms with Crippen LogP contribution in [-0.4, -0.2) is 49.5 Å². The third-order valence-corrected chi connectivity index (χ3v) is 2.91.